The average molecular weight is 698 g/mol. The smallest absolute Gasteiger partial charge is 0.229 e. The maximum Gasteiger partial charge on any atom is 0.229 e. The number of aryl methyl sites for hydroxylation is 1. The molecule has 13 heteroatoms. The molecule has 2 N–H and O–H groups in total. The average Bonchev–Trinajstić information content (AvgIpc) is 3.08. The summed E-state index contributed by atoms with van der Waals surface area (Å²) in [7, 11) is 0.236. The molecular formula is C35H48ClN7O4S. The molecule has 0 atom stereocenters. The van der Waals surface area contributed by atoms with Crippen molar-refractivity contribution in [3.05, 3.63) is 47.1 Å². The Morgan fingerprint density at radius 3 is 2.48 bits per heavy atom. The molecule has 7 rings (SSSR count). The second-order valence-electron chi connectivity index (χ2n) is 13.3. The number of ether oxygens (including phenoxy) is 2. The molecule has 11 nitrogen and oxygen atoms in total. The standard InChI is InChI=1S/C35H48ClN7O4S/c1-24(2)48(44,45)33-21-27-9-10-29(33)38-34-28(36)23-37-35(40-34)39-30-20-25(8-6-5-7-19-47-27)31(22-32(30)46-4)43-13-11-26(12-14-43)42-17-15-41(3)16-18-42/h9-10,20-24,26H,5-8,11-19H2,1-4H3,(H2,37,38,39,40). The van der Waals surface area contributed by atoms with Crippen LogP contribution in [0.1, 0.15) is 51.5 Å². The van der Waals surface area contributed by atoms with Crippen molar-refractivity contribution in [2.24, 2.45) is 0 Å². The van der Waals surface area contributed by atoms with E-state index in [1.807, 2.05) is 0 Å². The summed E-state index contributed by atoms with van der Waals surface area (Å²) < 4.78 is 38.8. The van der Waals surface area contributed by atoms with Gasteiger partial charge in [0.15, 0.2) is 15.7 Å². The lowest BCUT2D eigenvalue weighted by molar-refractivity contribution is 0.0982. The zero-order valence-corrected chi connectivity index (χ0v) is 30.0. The summed E-state index contributed by atoms with van der Waals surface area (Å²) >= 11 is 6.54. The molecule has 0 amide bonds. The van der Waals surface area contributed by atoms with Gasteiger partial charge in [-0.2, -0.15) is 4.98 Å². The highest BCUT2D eigenvalue weighted by molar-refractivity contribution is 7.92. The Bertz CT molecular complexity index is 1690. The number of aromatic nitrogens is 2. The predicted molar refractivity (Wildman–Crippen MR) is 193 cm³/mol. The highest BCUT2D eigenvalue weighted by Crippen LogP contribution is 2.38. The number of nitrogens with zero attached hydrogens (tertiary/aromatic N) is 5. The fourth-order valence-corrected chi connectivity index (χ4v) is 8.12. The Hall–Kier alpha value is -3.32. The van der Waals surface area contributed by atoms with Gasteiger partial charge in [-0.15, -0.1) is 0 Å². The third kappa shape index (κ3) is 7.77. The largest absolute Gasteiger partial charge is 0.494 e. The Labute approximate surface area is 289 Å². The van der Waals surface area contributed by atoms with Gasteiger partial charge >= 0.3 is 0 Å². The molecule has 0 saturated carbocycles. The number of anilines is 5. The van der Waals surface area contributed by atoms with Crippen molar-refractivity contribution in [3.8, 4) is 11.5 Å². The van der Waals surface area contributed by atoms with Crippen LogP contribution in [-0.4, -0.2) is 99.5 Å². The fraction of sp³-hybridized carbons (Fsp3) is 0.543. The van der Waals surface area contributed by atoms with Gasteiger partial charge in [0.25, 0.3) is 0 Å². The lowest BCUT2D eigenvalue weighted by Crippen LogP contribution is -2.52. The molecule has 2 fully saturated rings. The van der Waals surface area contributed by atoms with Gasteiger partial charge < -0.3 is 29.9 Å². The van der Waals surface area contributed by atoms with Crippen LogP contribution in [0.25, 0.3) is 0 Å². The van der Waals surface area contributed by atoms with Gasteiger partial charge in [0.2, 0.25) is 5.95 Å². The summed E-state index contributed by atoms with van der Waals surface area (Å²) in [6.07, 6.45) is 7.51. The van der Waals surface area contributed by atoms with E-state index in [0.29, 0.717) is 35.8 Å². The van der Waals surface area contributed by atoms with E-state index in [9.17, 15) is 8.42 Å². The number of likely N-dealkylation sites (N-methyl/N-ethyl adjacent to an activating group) is 1. The number of halogens is 1. The van der Waals surface area contributed by atoms with Crippen molar-refractivity contribution in [3.63, 3.8) is 0 Å². The van der Waals surface area contributed by atoms with Gasteiger partial charge in [-0.1, -0.05) is 11.6 Å². The number of piperazine rings is 1. The van der Waals surface area contributed by atoms with Crippen molar-refractivity contribution in [2.45, 2.75) is 68.6 Å². The van der Waals surface area contributed by atoms with E-state index in [1.54, 1.807) is 39.2 Å². The van der Waals surface area contributed by atoms with E-state index in [0.717, 1.165) is 83.5 Å². The molecule has 0 aliphatic carbocycles. The van der Waals surface area contributed by atoms with Gasteiger partial charge in [-0.05, 0) is 83.2 Å². The lowest BCUT2D eigenvalue weighted by atomic mass is 9.98. The molecule has 48 heavy (non-hydrogen) atoms. The summed E-state index contributed by atoms with van der Waals surface area (Å²) in [5.41, 5.74) is 3.60. The number of methoxy groups -OCH3 is 1. The minimum Gasteiger partial charge on any atom is -0.494 e. The molecule has 6 bridgehead atoms. The molecular weight excluding hydrogens is 650 g/mol. The van der Waals surface area contributed by atoms with Crippen LogP contribution in [0, 0.1) is 0 Å². The first-order chi connectivity index (χ1) is 23.1. The van der Waals surface area contributed by atoms with E-state index < -0.39 is 15.1 Å². The Kier molecular flexibility index (Phi) is 10.8. The van der Waals surface area contributed by atoms with Crippen molar-refractivity contribution >= 4 is 50.3 Å². The van der Waals surface area contributed by atoms with Crippen LogP contribution in [0.15, 0.2) is 41.4 Å². The summed E-state index contributed by atoms with van der Waals surface area (Å²) in [5, 5.41) is 6.14. The maximum absolute atomic E-state index is 13.4. The van der Waals surface area contributed by atoms with Gasteiger partial charge in [0.1, 0.15) is 16.5 Å². The van der Waals surface area contributed by atoms with E-state index in [-0.39, 0.29) is 15.7 Å². The number of hydrogen-bond donors (Lipinski definition) is 2. The minimum absolute atomic E-state index is 0.134. The summed E-state index contributed by atoms with van der Waals surface area (Å²) in [5.74, 6) is 1.80. The van der Waals surface area contributed by atoms with Crippen LogP contribution in [0.4, 0.5) is 28.8 Å². The number of piperidine rings is 1. The van der Waals surface area contributed by atoms with Crippen LogP contribution in [-0.2, 0) is 16.3 Å². The number of sulfone groups is 1. The molecule has 260 valence electrons. The van der Waals surface area contributed by atoms with E-state index >= 15 is 0 Å². The van der Waals surface area contributed by atoms with Crippen molar-refractivity contribution in [2.75, 3.05) is 75.6 Å². The molecule has 1 aromatic heterocycles. The van der Waals surface area contributed by atoms with Crippen LogP contribution >= 0.6 is 11.6 Å². The molecule has 4 aliphatic rings. The molecule has 3 aromatic rings. The highest BCUT2D eigenvalue weighted by atomic mass is 35.5. The molecule has 0 radical (unpaired) electrons. The quantitative estimate of drug-likeness (QED) is 0.321. The number of rotatable bonds is 5. The molecule has 4 aliphatic heterocycles. The van der Waals surface area contributed by atoms with Gasteiger partial charge in [-0.25, -0.2) is 13.4 Å². The zero-order chi connectivity index (χ0) is 33.8. The van der Waals surface area contributed by atoms with Crippen LogP contribution in [0.3, 0.4) is 0 Å². The fourth-order valence-electron chi connectivity index (χ4n) is 6.77. The first kappa shape index (κ1) is 34.5. The monoisotopic (exact) mass is 697 g/mol. The molecule has 2 saturated heterocycles. The van der Waals surface area contributed by atoms with Crippen LogP contribution < -0.4 is 25.0 Å². The van der Waals surface area contributed by atoms with Crippen molar-refractivity contribution < 1.29 is 17.9 Å². The SMILES string of the molecule is COc1cc(N2CCC(N3CCN(C)CC3)CC2)c2cc1Nc1ncc(Cl)c(n1)Nc1ccc(cc1S(=O)(=O)C(C)C)OCCCCC2. The molecule has 0 unspecified atom stereocenters. The third-order valence-electron chi connectivity index (χ3n) is 9.74. The van der Waals surface area contributed by atoms with Crippen LogP contribution in [0.2, 0.25) is 5.02 Å². The van der Waals surface area contributed by atoms with Gasteiger partial charge in [0, 0.05) is 63.1 Å². The van der Waals surface area contributed by atoms with Gasteiger partial charge in [-0.3, -0.25) is 4.90 Å². The van der Waals surface area contributed by atoms with E-state index in [4.69, 9.17) is 21.1 Å². The second-order valence-corrected chi connectivity index (χ2v) is 16.2. The predicted octanol–water partition coefficient (Wildman–Crippen LogP) is 6.13. The molecule has 0 spiro atoms. The highest BCUT2D eigenvalue weighted by Gasteiger charge is 2.29. The van der Waals surface area contributed by atoms with Gasteiger partial charge in [0.05, 0.1) is 41.4 Å². The Morgan fingerprint density at radius 2 is 1.75 bits per heavy atom. The number of fused-ring (bicyclic) bond motifs is 7. The third-order valence-corrected chi connectivity index (χ3v) is 12.2. The second kappa shape index (κ2) is 15.1. The number of benzene rings is 2. The number of hydrogen-bond acceptors (Lipinski definition) is 11. The van der Waals surface area contributed by atoms with E-state index in [2.05, 4.69) is 54.5 Å². The van der Waals surface area contributed by atoms with Crippen LogP contribution in [0.5, 0.6) is 11.5 Å². The maximum atomic E-state index is 13.4. The Balaban J connectivity index is 1.30. The normalized spacial score (nSPS) is 18.8. The molecule has 2 aromatic carbocycles. The first-order valence-corrected chi connectivity index (χ1v) is 19.0. The van der Waals surface area contributed by atoms with E-state index in [1.165, 1.54) is 17.4 Å². The Morgan fingerprint density at radius 1 is 0.979 bits per heavy atom. The molecule has 5 heterocycles. The first-order valence-electron chi connectivity index (χ1n) is 17.1. The lowest BCUT2D eigenvalue weighted by Gasteiger charge is -2.43. The summed E-state index contributed by atoms with van der Waals surface area (Å²) in [4.78, 5) is 16.9. The van der Waals surface area contributed by atoms with Crippen molar-refractivity contribution in [1.29, 1.82) is 0 Å². The summed E-state index contributed by atoms with van der Waals surface area (Å²) in [6, 6.07) is 10.0. The minimum atomic E-state index is -3.65. The topological polar surface area (TPSA) is 112 Å². The summed E-state index contributed by atoms with van der Waals surface area (Å²) in [6.45, 7) is 10.4. The van der Waals surface area contributed by atoms with Crippen molar-refractivity contribution in [1.82, 2.24) is 19.8 Å². The number of nitrogens with one attached hydrogen (secondary N) is 2. The zero-order valence-electron chi connectivity index (χ0n) is 28.5.